The standard InChI is InChI=1S/C19H29N3/c1-14-12-17-18(13-15(14)2)22-19(21-17)10-11-20-16-8-6-4-3-5-7-9-16/h12-13,16,20H,3-11H2,1-2H3,(H,21,22). The highest BCUT2D eigenvalue weighted by molar-refractivity contribution is 5.77. The highest BCUT2D eigenvalue weighted by Crippen LogP contribution is 2.18. The number of benzene rings is 1. The lowest BCUT2D eigenvalue weighted by Crippen LogP contribution is -2.31. The van der Waals surface area contributed by atoms with E-state index in [4.69, 9.17) is 4.98 Å². The van der Waals surface area contributed by atoms with E-state index in [9.17, 15) is 0 Å². The van der Waals surface area contributed by atoms with Gasteiger partial charge in [0.2, 0.25) is 0 Å². The third-order valence-corrected chi connectivity index (χ3v) is 5.05. The lowest BCUT2D eigenvalue weighted by molar-refractivity contribution is 0.391. The molecule has 1 aliphatic carbocycles. The number of fused-ring (bicyclic) bond motifs is 1. The molecule has 1 heterocycles. The fraction of sp³-hybridized carbons (Fsp3) is 0.632. The molecule has 0 radical (unpaired) electrons. The van der Waals surface area contributed by atoms with Crippen molar-refractivity contribution in [1.82, 2.24) is 15.3 Å². The number of nitrogens with one attached hydrogen (secondary N) is 2. The molecule has 3 nitrogen and oxygen atoms in total. The second-order valence-corrected chi connectivity index (χ2v) is 6.88. The molecule has 3 rings (SSSR count). The van der Waals surface area contributed by atoms with E-state index in [2.05, 4.69) is 36.3 Å². The number of hydrogen-bond donors (Lipinski definition) is 2. The van der Waals surface area contributed by atoms with E-state index >= 15 is 0 Å². The van der Waals surface area contributed by atoms with Crippen molar-refractivity contribution in [3.8, 4) is 0 Å². The number of hydrogen-bond acceptors (Lipinski definition) is 2. The van der Waals surface area contributed by atoms with Crippen LogP contribution in [0.15, 0.2) is 12.1 Å². The predicted octanol–water partition coefficient (Wildman–Crippen LogP) is 4.42. The summed E-state index contributed by atoms with van der Waals surface area (Å²) in [5.74, 6) is 1.11. The van der Waals surface area contributed by atoms with Crippen molar-refractivity contribution >= 4 is 11.0 Å². The first kappa shape index (κ1) is 15.5. The normalized spacial score (nSPS) is 17.5. The van der Waals surface area contributed by atoms with Gasteiger partial charge < -0.3 is 10.3 Å². The molecule has 0 aliphatic heterocycles. The van der Waals surface area contributed by atoms with Crippen LogP contribution in [-0.4, -0.2) is 22.6 Å². The van der Waals surface area contributed by atoms with E-state index in [-0.39, 0.29) is 0 Å². The van der Waals surface area contributed by atoms with Crippen molar-refractivity contribution in [3.05, 3.63) is 29.1 Å². The van der Waals surface area contributed by atoms with Gasteiger partial charge in [0.15, 0.2) is 0 Å². The summed E-state index contributed by atoms with van der Waals surface area (Å²) in [6.07, 6.45) is 10.7. The maximum atomic E-state index is 4.74. The zero-order valence-electron chi connectivity index (χ0n) is 14.0. The number of aromatic amines is 1. The van der Waals surface area contributed by atoms with Crippen LogP contribution in [0.25, 0.3) is 11.0 Å². The van der Waals surface area contributed by atoms with Crippen LogP contribution in [0.3, 0.4) is 0 Å². The summed E-state index contributed by atoms with van der Waals surface area (Å²) in [7, 11) is 0. The zero-order chi connectivity index (χ0) is 15.4. The molecule has 1 aliphatic rings. The summed E-state index contributed by atoms with van der Waals surface area (Å²) in [5, 5.41) is 3.74. The van der Waals surface area contributed by atoms with E-state index in [1.54, 1.807) is 0 Å². The Morgan fingerprint density at radius 1 is 1.05 bits per heavy atom. The van der Waals surface area contributed by atoms with Gasteiger partial charge in [0.25, 0.3) is 0 Å². The van der Waals surface area contributed by atoms with Gasteiger partial charge >= 0.3 is 0 Å². The van der Waals surface area contributed by atoms with Gasteiger partial charge in [-0.1, -0.05) is 32.1 Å². The van der Waals surface area contributed by atoms with Crippen LogP contribution in [0.5, 0.6) is 0 Å². The molecule has 1 saturated carbocycles. The van der Waals surface area contributed by atoms with Gasteiger partial charge in [-0.05, 0) is 49.9 Å². The average Bonchev–Trinajstić information content (AvgIpc) is 2.83. The predicted molar refractivity (Wildman–Crippen MR) is 93.4 cm³/mol. The fourth-order valence-corrected chi connectivity index (χ4v) is 3.50. The first-order valence-corrected chi connectivity index (χ1v) is 8.91. The van der Waals surface area contributed by atoms with Crippen LogP contribution in [0.2, 0.25) is 0 Å². The van der Waals surface area contributed by atoms with Crippen LogP contribution in [-0.2, 0) is 6.42 Å². The van der Waals surface area contributed by atoms with Crippen molar-refractivity contribution in [2.75, 3.05) is 6.54 Å². The van der Waals surface area contributed by atoms with Gasteiger partial charge in [0, 0.05) is 19.0 Å². The largest absolute Gasteiger partial charge is 0.342 e. The van der Waals surface area contributed by atoms with Crippen molar-refractivity contribution in [3.63, 3.8) is 0 Å². The molecule has 1 aromatic carbocycles. The lowest BCUT2D eigenvalue weighted by Gasteiger charge is -2.20. The minimum Gasteiger partial charge on any atom is -0.342 e. The molecular weight excluding hydrogens is 270 g/mol. The molecule has 0 saturated heterocycles. The van der Waals surface area contributed by atoms with E-state index in [1.807, 2.05) is 0 Å². The summed E-state index contributed by atoms with van der Waals surface area (Å²) in [5.41, 5.74) is 4.92. The van der Waals surface area contributed by atoms with Gasteiger partial charge in [0.05, 0.1) is 11.0 Å². The van der Waals surface area contributed by atoms with Crippen molar-refractivity contribution < 1.29 is 0 Å². The van der Waals surface area contributed by atoms with Crippen molar-refractivity contribution in [1.29, 1.82) is 0 Å². The monoisotopic (exact) mass is 299 g/mol. The number of nitrogens with zero attached hydrogens (tertiary/aromatic N) is 1. The van der Waals surface area contributed by atoms with Crippen LogP contribution >= 0.6 is 0 Å². The highest BCUT2D eigenvalue weighted by Gasteiger charge is 2.11. The molecule has 0 bridgehead atoms. The van der Waals surface area contributed by atoms with Gasteiger partial charge in [-0.3, -0.25) is 0 Å². The molecule has 0 spiro atoms. The van der Waals surface area contributed by atoms with Crippen LogP contribution < -0.4 is 5.32 Å². The number of rotatable bonds is 4. The quantitative estimate of drug-likeness (QED) is 0.877. The molecule has 22 heavy (non-hydrogen) atoms. The SMILES string of the molecule is Cc1cc2nc(CCNC3CCCCCCC3)[nH]c2cc1C. The molecule has 120 valence electrons. The second kappa shape index (κ2) is 7.28. The third kappa shape index (κ3) is 3.89. The number of imidazole rings is 1. The molecule has 0 amide bonds. The summed E-state index contributed by atoms with van der Waals surface area (Å²) in [6.45, 7) is 5.34. The Labute approximate surface area is 133 Å². The molecule has 0 atom stereocenters. The van der Waals surface area contributed by atoms with Crippen molar-refractivity contribution in [2.24, 2.45) is 0 Å². The first-order valence-electron chi connectivity index (χ1n) is 8.91. The van der Waals surface area contributed by atoms with Gasteiger partial charge in [-0.25, -0.2) is 4.98 Å². The van der Waals surface area contributed by atoms with Crippen LogP contribution in [0.1, 0.15) is 61.9 Å². The summed E-state index contributed by atoms with van der Waals surface area (Å²) >= 11 is 0. The topological polar surface area (TPSA) is 40.7 Å². The van der Waals surface area contributed by atoms with E-state index < -0.39 is 0 Å². The van der Waals surface area contributed by atoms with Gasteiger partial charge in [-0.2, -0.15) is 0 Å². The molecule has 1 aromatic heterocycles. The van der Waals surface area contributed by atoms with Gasteiger partial charge in [0.1, 0.15) is 5.82 Å². The van der Waals surface area contributed by atoms with E-state index in [0.29, 0.717) is 6.04 Å². The Bertz CT molecular complexity index is 567. The van der Waals surface area contributed by atoms with Crippen LogP contribution in [0.4, 0.5) is 0 Å². The number of H-pyrrole nitrogens is 1. The van der Waals surface area contributed by atoms with Crippen LogP contribution in [0, 0.1) is 13.8 Å². The minimum atomic E-state index is 0.717. The number of aromatic nitrogens is 2. The van der Waals surface area contributed by atoms with Crippen molar-refractivity contribution in [2.45, 2.75) is 71.3 Å². The number of aryl methyl sites for hydroxylation is 2. The maximum absolute atomic E-state index is 4.74. The minimum absolute atomic E-state index is 0.717. The summed E-state index contributed by atoms with van der Waals surface area (Å²) in [4.78, 5) is 8.21. The van der Waals surface area contributed by atoms with Gasteiger partial charge in [-0.15, -0.1) is 0 Å². The molecule has 2 aromatic rings. The Hall–Kier alpha value is -1.35. The molecular formula is C19H29N3. The molecule has 0 unspecified atom stereocenters. The Kier molecular flexibility index (Phi) is 5.14. The summed E-state index contributed by atoms with van der Waals surface area (Å²) in [6, 6.07) is 5.12. The molecule has 2 N–H and O–H groups in total. The average molecular weight is 299 g/mol. The highest BCUT2D eigenvalue weighted by atomic mass is 14.9. The Morgan fingerprint density at radius 3 is 2.50 bits per heavy atom. The zero-order valence-corrected chi connectivity index (χ0v) is 14.0. The lowest BCUT2D eigenvalue weighted by atomic mass is 9.97. The Morgan fingerprint density at radius 2 is 1.73 bits per heavy atom. The maximum Gasteiger partial charge on any atom is 0.108 e. The molecule has 3 heteroatoms. The first-order chi connectivity index (χ1) is 10.7. The van der Waals surface area contributed by atoms with E-state index in [1.165, 1.54) is 61.6 Å². The molecule has 1 fully saturated rings. The fourth-order valence-electron chi connectivity index (χ4n) is 3.50. The summed E-state index contributed by atoms with van der Waals surface area (Å²) < 4.78 is 0. The third-order valence-electron chi connectivity index (χ3n) is 5.05. The smallest absolute Gasteiger partial charge is 0.108 e. The Balaban J connectivity index is 1.54. The second-order valence-electron chi connectivity index (χ2n) is 6.88. The van der Waals surface area contributed by atoms with E-state index in [0.717, 1.165) is 24.3 Å².